The highest BCUT2D eigenvalue weighted by Crippen LogP contribution is 2.29. The molecule has 1 aliphatic rings. The van der Waals surface area contributed by atoms with E-state index in [1.807, 2.05) is 13.8 Å². The molecule has 1 fully saturated rings. The number of hydrogen-bond acceptors (Lipinski definition) is 2. The van der Waals surface area contributed by atoms with Crippen LogP contribution in [-0.2, 0) is 4.79 Å². The summed E-state index contributed by atoms with van der Waals surface area (Å²) in [6.45, 7) is 9.04. The summed E-state index contributed by atoms with van der Waals surface area (Å²) in [4.78, 5) is 14.2. The number of anilines is 1. The van der Waals surface area contributed by atoms with Crippen LogP contribution < -0.4 is 10.2 Å². The second-order valence-electron chi connectivity index (χ2n) is 6.49. The van der Waals surface area contributed by atoms with Crippen molar-refractivity contribution in [1.29, 1.82) is 0 Å². The van der Waals surface area contributed by atoms with Gasteiger partial charge in [-0.15, -0.1) is 0 Å². The van der Waals surface area contributed by atoms with Crippen LogP contribution in [0, 0.1) is 11.2 Å². The topological polar surface area (TPSA) is 32.3 Å². The molecule has 104 valence electrons. The number of carbonyl (C=O) groups is 1. The number of hydrogen-bond donors (Lipinski definition) is 1. The Balaban J connectivity index is 2.46. The van der Waals surface area contributed by atoms with Gasteiger partial charge >= 0.3 is 0 Å². The van der Waals surface area contributed by atoms with Gasteiger partial charge in [0, 0.05) is 13.1 Å². The highest BCUT2D eigenvalue weighted by molar-refractivity contribution is 6.00. The zero-order valence-corrected chi connectivity index (χ0v) is 12.0. The summed E-state index contributed by atoms with van der Waals surface area (Å²) in [5.41, 5.74) is -0.431. The first-order chi connectivity index (χ1) is 8.73. The number of nitrogens with one attached hydrogen (secondary N) is 1. The first-order valence-electron chi connectivity index (χ1n) is 6.54. The van der Waals surface area contributed by atoms with E-state index in [4.69, 9.17) is 0 Å². The second-order valence-corrected chi connectivity index (χ2v) is 6.49. The molecular weight excluding hydrogens is 243 g/mol. The van der Waals surface area contributed by atoms with Crippen LogP contribution in [-0.4, -0.2) is 24.5 Å². The van der Waals surface area contributed by atoms with Crippen molar-refractivity contribution in [3.05, 3.63) is 30.1 Å². The standard InChI is InChI=1S/C15H21FN2O/c1-14(2)9-17-15(3,4)13(19)18(10-14)12-8-6-5-7-11(12)16/h5-8,17H,9-10H2,1-4H3. The summed E-state index contributed by atoms with van der Waals surface area (Å²) in [6.07, 6.45) is 0. The van der Waals surface area contributed by atoms with Crippen LogP contribution in [0.15, 0.2) is 24.3 Å². The van der Waals surface area contributed by atoms with Crippen molar-refractivity contribution in [2.45, 2.75) is 33.2 Å². The van der Waals surface area contributed by atoms with Crippen LogP contribution in [0.1, 0.15) is 27.7 Å². The molecule has 0 atom stereocenters. The van der Waals surface area contributed by atoms with Gasteiger partial charge in [0.25, 0.3) is 0 Å². The van der Waals surface area contributed by atoms with Gasteiger partial charge in [0.1, 0.15) is 5.82 Å². The first kappa shape index (κ1) is 14.0. The highest BCUT2D eigenvalue weighted by atomic mass is 19.1. The Bertz CT molecular complexity index is 497. The van der Waals surface area contributed by atoms with E-state index in [9.17, 15) is 9.18 Å². The number of rotatable bonds is 1. The van der Waals surface area contributed by atoms with Crippen molar-refractivity contribution in [2.75, 3.05) is 18.0 Å². The molecule has 0 aromatic heterocycles. The van der Waals surface area contributed by atoms with Crippen molar-refractivity contribution in [3.63, 3.8) is 0 Å². The molecule has 0 aliphatic carbocycles. The van der Waals surface area contributed by atoms with E-state index in [1.54, 1.807) is 23.1 Å². The van der Waals surface area contributed by atoms with Gasteiger partial charge in [-0.25, -0.2) is 4.39 Å². The van der Waals surface area contributed by atoms with Crippen LogP contribution in [0.25, 0.3) is 0 Å². The molecule has 0 unspecified atom stereocenters. The van der Waals surface area contributed by atoms with Crippen molar-refractivity contribution >= 4 is 11.6 Å². The molecule has 4 heteroatoms. The molecule has 1 aliphatic heterocycles. The molecule has 1 heterocycles. The third-order valence-corrected chi connectivity index (χ3v) is 3.52. The molecule has 3 nitrogen and oxygen atoms in total. The number of halogens is 1. The van der Waals surface area contributed by atoms with E-state index < -0.39 is 5.54 Å². The summed E-state index contributed by atoms with van der Waals surface area (Å²) in [5, 5.41) is 3.27. The molecule has 0 saturated carbocycles. The molecule has 1 aromatic rings. The van der Waals surface area contributed by atoms with Gasteiger partial charge in [0.2, 0.25) is 5.91 Å². The number of benzene rings is 1. The van der Waals surface area contributed by atoms with Crippen LogP contribution in [0.4, 0.5) is 10.1 Å². The largest absolute Gasteiger partial charge is 0.307 e. The zero-order chi connectivity index (χ0) is 14.3. The van der Waals surface area contributed by atoms with Crippen molar-refractivity contribution in [1.82, 2.24) is 5.32 Å². The van der Waals surface area contributed by atoms with Crippen molar-refractivity contribution in [2.24, 2.45) is 5.41 Å². The average Bonchev–Trinajstić information content (AvgIpc) is 2.41. The zero-order valence-electron chi connectivity index (χ0n) is 12.0. The minimum absolute atomic E-state index is 0.0943. The number of carbonyl (C=O) groups excluding carboxylic acids is 1. The van der Waals surface area contributed by atoms with Crippen LogP contribution >= 0.6 is 0 Å². The van der Waals surface area contributed by atoms with Gasteiger partial charge in [-0.1, -0.05) is 26.0 Å². The van der Waals surface area contributed by atoms with Crippen LogP contribution in [0.3, 0.4) is 0 Å². The molecule has 1 saturated heterocycles. The lowest BCUT2D eigenvalue weighted by molar-refractivity contribution is -0.123. The smallest absolute Gasteiger partial charge is 0.246 e. The highest BCUT2D eigenvalue weighted by Gasteiger charge is 2.40. The normalized spacial score (nSPS) is 22.2. The third kappa shape index (κ3) is 2.78. The van der Waals surface area contributed by atoms with Crippen LogP contribution in [0.5, 0.6) is 0 Å². The van der Waals surface area contributed by atoms with E-state index >= 15 is 0 Å². The predicted octanol–water partition coefficient (Wildman–Crippen LogP) is 2.57. The summed E-state index contributed by atoms with van der Waals surface area (Å²) in [6, 6.07) is 6.44. The second kappa shape index (κ2) is 4.60. The lowest BCUT2D eigenvalue weighted by atomic mass is 9.93. The minimum Gasteiger partial charge on any atom is -0.307 e. The SMILES string of the molecule is CC1(C)CNC(C)(C)C(=O)N(c2ccccc2F)C1. The Hall–Kier alpha value is -1.42. The van der Waals surface area contributed by atoms with E-state index in [0.717, 1.165) is 6.54 Å². The van der Waals surface area contributed by atoms with Crippen molar-refractivity contribution in [3.8, 4) is 0 Å². The lowest BCUT2D eigenvalue weighted by Gasteiger charge is -2.31. The fourth-order valence-electron chi connectivity index (χ4n) is 2.29. The molecule has 0 bridgehead atoms. The van der Waals surface area contributed by atoms with E-state index in [2.05, 4.69) is 19.2 Å². The molecule has 1 amide bonds. The Labute approximate surface area is 113 Å². The Morgan fingerprint density at radius 2 is 1.84 bits per heavy atom. The monoisotopic (exact) mass is 264 g/mol. The molecule has 1 N–H and O–H groups in total. The molecular formula is C15H21FN2O. The first-order valence-corrected chi connectivity index (χ1v) is 6.54. The minimum atomic E-state index is -0.684. The maximum absolute atomic E-state index is 14.0. The fourth-order valence-corrected chi connectivity index (χ4v) is 2.29. The van der Waals surface area contributed by atoms with Gasteiger partial charge in [0.15, 0.2) is 0 Å². The van der Waals surface area contributed by atoms with E-state index in [0.29, 0.717) is 12.2 Å². The maximum Gasteiger partial charge on any atom is 0.246 e. The Morgan fingerprint density at radius 3 is 2.47 bits per heavy atom. The summed E-state index contributed by atoms with van der Waals surface area (Å²) in [7, 11) is 0. The molecule has 19 heavy (non-hydrogen) atoms. The van der Waals surface area contributed by atoms with Gasteiger partial charge in [0.05, 0.1) is 11.2 Å². The van der Waals surface area contributed by atoms with Crippen molar-refractivity contribution < 1.29 is 9.18 Å². The molecule has 1 aromatic carbocycles. The molecule has 0 spiro atoms. The van der Waals surface area contributed by atoms with Gasteiger partial charge in [-0.2, -0.15) is 0 Å². The Kier molecular flexibility index (Phi) is 3.39. The predicted molar refractivity (Wildman–Crippen MR) is 74.6 cm³/mol. The van der Waals surface area contributed by atoms with Gasteiger partial charge in [-0.3, -0.25) is 4.79 Å². The van der Waals surface area contributed by atoms with E-state index in [-0.39, 0.29) is 17.1 Å². The fraction of sp³-hybridized carbons (Fsp3) is 0.533. The number of amides is 1. The Morgan fingerprint density at radius 1 is 1.21 bits per heavy atom. The summed E-state index contributed by atoms with van der Waals surface area (Å²) < 4.78 is 14.0. The number of nitrogens with zero attached hydrogens (tertiary/aromatic N) is 1. The number of para-hydroxylation sites is 1. The summed E-state index contributed by atoms with van der Waals surface area (Å²) in [5.74, 6) is -0.451. The van der Waals surface area contributed by atoms with Gasteiger partial charge < -0.3 is 10.2 Å². The van der Waals surface area contributed by atoms with E-state index in [1.165, 1.54) is 6.07 Å². The molecule has 0 radical (unpaired) electrons. The third-order valence-electron chi connectivity index (χ3n) is 3.52. The van der Waals surface area contributed by atoms with Gasteiger partial charge in [-0.05, 0) is 31.4 Å². The maximum atomic E-state index is 14.0. The molecule has 2 rings (SSSR count). The average molecular weight is 264 g/mol. The quantitative estimate of drug-likeness (QED) is 0.845. The summed E-state index contributed by atoms with van der Waals surface area (Å²) >= 11 is 0. The lowest BCUT2D eigenvalue weighted by Crippen LogP contribution is -2.52. The van der Waals surface area contributed by atoms with Crippen LogP contribution in [0.2, 0.25) is 0 Å².